The fourth-order valence-corrected chi connectivity index (χ4v) is 3.13. The van der Waals surface area contributed by atoms with Gasteiger partial charge in [0.2, 0.25) is 0 Å². The Morgan fingerprint density at radius 2 is 1.95 bits per heavy atom. The number of allylic oxidation sites excluding steroid dienone is 1. The minimum absolute atomic E-state index is 0.345. The molecule has 2 heteroatoms. The first kappa shape index (κ1) is 15.1. The average Bonchev–Trinajstić information content (AvgIpc) is 2.42. The van der Waals surface area contributed by atoms with Gasteiger partial charge < -0.3 is 10.1 Å². The van der Waals surface area contributed by atoms with Crippen molar-refractivity contribution in [1.82, 2.24) is 5.32 Å². The summed E-state index contributed by atoms with van der Waals surface area (Å²) in [6.45, 7) is 2.11. The Hall–Kier alpha value is -1.28. The Morgan fingerprint density at radius 3 is 2.65 bits per heavy atom. The van der Waals surface area contributed by atoms with Crippen molar-refractivity contribution in [2.75, 3.05) is 14.2 Å². The normalized spacial score (nSPS) is 20.4. The Bertz CT molecular complexity index is 464. The quantitative estimate of drug-likeness (QED) is 0.813. The second kappa shape index (κ2) is 7.49. The molecule has 0 fully saturated rings. The second-order valence-electron chi connectivity index (χ2n) is 5.68. The fourth-order valence-electron chi connectivity index (χ4n) is 3.13. The van der Waals surface area contributed by atoms with Crippen LogP contribution in [-0.2, 0) is 0 Å². The van der Waals surface area contributed by atoms with Crippen LogP contribution in [0.3, 0.4) is 0 Å². The average molecular weight is 273 g/mol. The maximum Gasteiger partial charge on any atom is 0.121 e. The summed E-state index contributed by atoms with van der Waals surface area (Å²) in [4.78, 5) is 0. The van der Waals surface area contributed by atoms with E-state index in [9.17, 15) is 0 Å². The van der Waals surface area contributed by atoms with Gasteiger partial charge in [0.25, 0.3) is 0 Å². The van der Waals surface area contributed by atoms with E-state index in [0.29, 0.717) is 6.04 Å². The van der Waals surface area contributed by atoms with Crippen molar-refractivity contribution < 1.29 is 4.74 Å². The molecule has 0 spiro atoms. The molecule has 0 radical (unpaired) electrons. The monoisotopic (exact) mass is 273 g/mol. The summed E-state index contributed by atoms with van der Waals surface area (Å²) in [5, 5.41) is 3.49. The highest BCUT2D eigenvalue weighted by Crippen LogP contribution is 2.30. The lowest BCUT2D eigenvalue weighted by molar-refractivity contribution is 0.411. The van der Waals surface area contributed by atoms with Gasteiger partial charge in [0, 0.05) is 0 Å². The van der Waals surface area contributed by atoms with E-state index >= 15 is 0 Å². The van der Waals surface area contributed by atoms with Crippen LogP contribution in [0, 0.1) is 6.92 Å². The Balaban J connectivity index is 2.24. The lowest BCUT2D eigenvalue weighted by Crippen LogP contribution is -2.19. The number of benzene rings is 1. The lowest BCUT2D eigenvalue weighted by atomic mass is 9.90. The standard InChI is InChI=1S/C18H27NO/c1-14-13-16(11-12-17(14)20-3)18(19-2)15-9-7-5-4-6-8-10-15/h9,11-13,18-19H,4-8,10H2,1-3H3/b15-9+. The number of rotatable bonds is 4. The van der Waals surface area contributed by atoms with E-state index in [-0.39, 0.29) is 0 Å². The molecule has 0 aromatic heterocycles. The zero-order chi connectivity index (χ0) is 14.4. The SMILES string of the molecule is CNC(/C1=C/CCCCCC1)c1ccc(OC)c(C)c1. The van der Waals surface area contributed by atoms with Crippen molar-refractivity contribution in [3.05, 3.63) is 41.0 Å². The molecule has 0 saturated carbocycles. The topological polar surface area (TPSA) is 21.3 Å². The van der Waals surface area contributed by atoms with Crippen LogP contribution in [0.25, 0.3) is 0 Å². The van der Waals surface area contributed by atoms with Crippen molar-refractivity contribution in [1.29, 1.82) is 0 Å². The lowest BCUT2D eigenvalue weighted by Gasteiger charge is -2.23. The molecule has 1 unspecified atom stereocenters. The van der Waals surface area contributed by atoms with Crippen LogP contribution in [0.4, 0.5) is 0 Å². The zero-order valence-corrected chi connectivity index (χ0v) is 13.0. The predicted molar refractivity (Wildman–Crippen MR) is 85.3 cm³/mol. The molecule has 1 aromatic carbocycles. The molecule has 0 heterocycles. The third-order valence-electron chi connectivity index (χ3n) is 4.24. The summed E-state index contributed by atoms with van der Waals surface area (Å²) in [5.74, 6) is 0.968. The third-order valence-corrected chi connectivity index (χ3v) is 4.24. The van der Waals surface area contributed by atoms with E-state index in [1.165, 1.54) is 49.7 Å². The third kappa shape index (κ3) is 3.63. The molecule has 20 heavy (non-hydrogen) atoms. The van der Waals surface area contributed by atoms with Crippen LogP contribution in [0.15, 0.2) is 29.8 Å². The predicted octanol–water partition coefficient (Wildman–Crippen LogP) is 4.54. The van der Waals surface area contributed by atoms with Crippen molar-refractivity contribution >= 4 is 0 Å². The maximum atomic E-state index is 5.36. The number of likely N-dealkylation sites (N-methyl/N-ethyl adjacent to an activating group) is 1. The van der Waals surface area contributed by atoms with Gasteiger partial charge in [0.15, 0.2) is 0 Å². The van der Waals surface area contributed by atoms with Crippen LogP contribution in [0.5, 0.6) is 5.75 Å². The second-order valence-corrected chi connectivity index (χ2v) is 5.68. The maximum absolute atomic E-state index is 5.36. The first-order valence-electron chi connectivity index (χ1n) is 7.77. The van der Waals surface area contributed by atoms with Crippen molar-refractivity contribution in [2.24, 2.45) is 0 Å². The molecule has 1 aliphatic carbocycles. The first-order valence-corrected chi connectivity index (χ1v) is 7.77. The molecule has 0 saturated heterocycles. The summed E-state index contributed by atoms with van der Waals surface area (Å²) < 4.78 is 5.36. The highest BCUT2D eigenvalue weighted by molar-refractivity contribution is 5.40. The van der Waals surface area contributed by atoms with Gasteiger partial charge in [-0.3, -0.25) is 0 Å². The molecule has 110 valence electrons. The number of hydrogen-bond donors (Lipinski definition) is 1. The summed E-state index contributed by atoms with van der Waals surface area (Å²) in [5.41, 5.74) is 4.10. The van der Waals surface area contributed by atoms with Gasteiger partial charge >= 0.3 is 0 Å². The minimum atomic E-state index is 0.345. The van der Waals surface area contributed by atoms with Gasteiger partial charge in [-0.05, 0) is 56.8 Å². The molecule has 1 aromatic rings. The molecule has 1 N–H and O–H groups in total. The van der Waals surface area contributed by atoms with Crippen LogP contribution in [-0.4, -0.2) is 14.2 Å². The van der Waals surface area contributed by atoms with Crippen LogP contribution in [0.2, 0.25) is 0 Å². The van der Waals surface area contributed by atoms with Gasteiger partial charge in [-0.1, -0.05) is 36.6 Å². The van der Waals surface area contributed by atoms with Gasteiger partial charge in [-0.2, -0.15) is 0 Å². The summed E-state index contributed by atoms with van der Waals surface area (Å²) in [7, 11) is 3.79. The van der Waals surface area contributed by atoms with Crippen molar-refractivity contribution in [3.8, 4) is 5.75 Å². The molecule has 0 bridgehead atoms. The highest BCUT2D eigenvalue weighted by Gasteiger charge is 2.16. The number of methoxy groups -OCH3 is 1. The zero-order valence-electron chi connectivity index (χ0n) is 13.0. The highest BCUT2D eigenvalue weighted by atomic mass is 16.5. The van der Waals surface area contributed by atoms with E-state index in [0.717, 1.165) is 5.75 Å². The van der Waals surface area contributed by atoms with Crippen LogP contribution < -0.4 is 10.1 Å². The van der Waals surface area contributed by atoms with E-state index in [2.05, 4.69) is 43.6 Å². The van der Waals surface area contributed by atoms with Gasteiger partial charge in [0.1, 0.15) is 5.75 Å². The Labute approximate surface area is 123 Å². The summed E-state index contributed by atoms with van der Waals surface area (Å²) >= 11 is 0. The van der Waals surface area contributed by atoms with Gasteiger partial charge in [-0.25, -0.2) is 0 Å². The molecule has 1 aliphatic rings. The molecule has 2 nitrogen and oxygen atoms in total. The largest absolute Gasteiger partial charge is 0.496 e. The van der Waals surface area contributed by atoms with Crippen molar-refractivity contribution in [2.45, 2.75) is 51.5 Å². The fraction of sp³-hybridized carbons (Fsp3) is 0.556. The summed E-state index contributed by atoms with van der Waals surface area (Å²) in [6, 6.07) is 6.86. The first-order chi connectivity index (χ1) is 9.76. The Morgan fingerprint density at radius 1 is 1.15 bits per heavy atom. The molecular weight excluding hydrogens is 246 g/mol. The van der Waals surface area contributed by atoms with E-state index in [1.807, 2.05) is 0 Å². The molecule has 0 aliphatic heterocycles. The molecule has 1 atom stereocenters. The van der Waals surface area contributed by atoms with Crippen LogP contribution in [0.1, 0.15) is 55.7 Å². The van der Waals surface area contributed by atoms with Gasteiger partial charge in [0.05, 0.1) is 13.2 Å². The van der Waals surface area contributed by atoms with E-state index in [4.69, 9.17) is 4.74 Å². The molecule has 0 amide bonds. The molecular formula is C18H27NO. The number of nitrogens with one attached hydrogen (secondary N) is 1. The molecule has 2 rings (SSSR count). The number of ether oxygens (including phenoxy) is 1. The van der Waals surface area contributed by atoms with E-state index in [1.54, 1.807) is 12.7 Å². The number of hydrogen-bond acceptors (Lipinski definition) is 2. The van der Waals surface area contributed by atoms with Crippen LogP contribution >= 0.6 is 0 Å². The summed E-state index contributed by atoms with van der Waals surface area (Å²) in [6.07, 6.45) is 10.3. The van der Waals surface area contributed by atoms with Gasteiger partial charge in [-0.15, -0.1) is 0 Å². The Kier molecular flexibility index (Phi) is 5.66. The van der Waals surface area contributed by atoms with Crippen molar-refractivity contribution in [3.63, 3.8) is 0 Å². The van der Waals surface area contributed by atoms with E-state index < -0.39 is 0 Å². The minimum Gasteiger partial charge on any atom is -0.496 e. The number of aryl methyl sites for hydroxylation is 1. The smallest absolute Gasteiger partial charge is 0.121 e.